The van der Waals surface area contributed by atoms with Gasteiger partial charge in [0.2, 0.25) is 5.88 Å². The Morgan fingerprint density at radius 3 is 2.71 bits per heavy atom. The average molecular weight is 372 g/mol. The van der Waals surface area contributed by atoms with Crippen molar-refractivity contribution in [1.82, 2.24) is 9.55 Å². The van der Waals surface area contributed by atoms with E-state index in [1.54, 1.807) is 6.07 Å². The van der Waals surface area contributed by atoms with Gasteiger partial charge in [-0.2, -0.15) is 0 Å². The highest BCUT2D eigenvalue weighted by atomic mass is 16.3. The molecule has 0 unspecified atom stereocenters. The minimum absolute atomic E-state index is 0.0256. The summed E-state index contributed by atoms with van der Waals surface area (Å²) in [5, 5.41) is 20.3. The molecule has 0 atom stereocenters. The molecular formula is C22H20N4O2. The predicted molar refractivity (Wildman–Crippen MR) is 109 cm³/mol. The summed E-state index contributed by atoms with van der Waals surface area (Å²) in [4.78, 5) is 16.8. The number of azo groups is 1. The van der Waals surface area contributed by atoms with Crippen molar-refractivity contribution in [2.24, 2.45) is 10.2 Å². The molecule has 4 rings (SSSR count). The molecule has 1 amide bonds. The second-order valence-electron chi connectivity index (χ2n) is 6.59. The number of amides is 1. The van der Waals surface area contributed by atoms with E-state index in [1.165, 1.54) is 0 Å². The molecule has 2 aromatic heterocycles. The first kappa shape index (κ1) is 17.9. The minimum atomic E-state index is -0.546. The SMILES string of the molecule is CCCCn1c(O)c(N=NC(=O)c2ccc3ccccc3n2)c2ccccc21. The Morgan fingerprint density at radius 2 is 1.86 bits per heavy atom. The molecule has 0 saturated carbocycles. The van der Waals surface area contributed by atoms with E-state index < -0.39 is 5.91 Å². The second kappa shape index (κ2) is 7.60. The minimum Gasteiger partial charge on any atom is -0.493 e. The third-order valence-electron chi connectivity index (χ3n) is 4.71. The first-order valence-electron chi connectivity index (χ1n) is 9.31. The van der Waals surface area contributed by atoms with Crippen LogP contribution < -0.4 is 0 Å². The smallest absolute Gasteiger partial charge is 0.313 e. The van der Waals surface area contributed by atoms with E-state index in [4.69, 9.17) is 0 Å². The summed E-state index contributed by atoms with van der Waals surface area (Å²) in [7, 11) is 0. The topological polar surface area (TPSA) is 79.8 Å². The number of fused-ring (bicyclic) bond motifs is 2. The van der Waals surface area contributed by atoms with Gasteiger partial charge in [0.1, 0.15) is 5.69 Å². The summed E-state index contributed by atoms with van der Waals surface area (Å²) in [6, 6.07) is 18.6. The molecule has 4 aromatic rings. The zero-order chi connectivity index (χ0) is 19.5. The zero-order valence-electron chi connectivity index (χ0n) is 15.5. The quantitative estimate of drug-likeness (QED) is 0.462. The summed E-state index contributed by atoms with van der Waals surface area (Å²) >= 11 is 0. The van der Waals surface area contributed by atoms with Crippen LogP contribution in [0.2, 0.25) is 0 Å². The van der Waals surface area contributed by atoms with Gasteiger partial charge in [-0.15, -0.1) is 10.2 Å². The maximum absolute atomic E-state index is 12.5. The Kier molecular flexibility index (Phi) is 4.85. The lowest BCUT2D eigenvalue weighted by Gasteiger charge is -2.05. The van der Waals surface area contributed by atoms with E-state index in [1.807, 2.05) is 59.2 Å². The Balaban J connectivity index is 1.69. The van der Waals surface area contributed by atoms with Crippen LogP contribution in [0.5, 0.6) is 5.88 Å². The van der Waals surface area contributed by atoms with Crippen molar-refractivity contribution in [3.05, 3.63) is 66.4 Å². The van der Waals surface area contributed by atoms with Crippen LogP contribution in [-0.4, -0.2) is 20.6 Å². The fourth-order valence-electron chi connectivity index (χ4n) is 3.24. The highest BCUT2D eigenvalue weighted by molar-refractivity contribution is 5.97. The lowest BCUT2D eigenvalue weighted by Crippen LogP contribution is -1.98. The van der Waals surface area contributed by atoms with Gasteiger partial charge in [0.15, 0.2) is 5.69 Å². The molecule has 6 nitrogen and oxygen atoms in total. The van der Waals surface area contributed by atoms with Gasteiger partial charge in [0.25, 0.3) is 0 Å². The summed E-state index contributed by atoms with van der Waals surface area (Å²) < 4.78 is 1.81. The number of hydrogen-bond acceptors (Lipinski definition) is 4. The van der Waals surface area contributed by atoms with Crippen LogP contribution in [0, 0.1) is 0 Å². The van der Waals surface area contributed by atoms with Crippen LogP contribution in [0.1, 0.15) is 30.3 Å². The normalized spacial score (nSPS) is 11.6. The molecule has 0 aliphatic heterocycles. The molecule has 28 heavy (non-hydrogen) atoms. The number of aromatic nitrogens is 2. The Bertz CT molecular complexity index is 1190. The Hall–Kier alpha value is -3.54. The third kappa shape index (κ3) is 3.24. The van der Waals surface area contributed by atoms with Crippen LogP contribution in [0.3, 0.4) is 0 Å². The van der Waals surface area contributed by atoms with E-state index in [-0.39, 0.29) is 11.6 Å². The standard InChI is InChI=1S/C22H20N4O2/c1-2-3-14-26-19-11-7-5-9-16(19)20(22(26)28)24-25-21(27)18-13-12-15-8-4-6-10-17(15)23-18/h4-13,28H,2-3,14H2,1H3. The molecule has 2 aromatic carbocycles. The maximum atomic E-state index is 12.5. The number of benzene rings is 2. The molecule has 2 heterocycles. The van der Waals surface area contributed by atoms with Gasteiger partial charge in [-0.25, -0.2) is 4.98 Å². The van der Waals surface area contributed by atoms with Crippen LogP contribution in [-0.2, 0) is 6.54 Å². The van der Waals surface area contributed by atoms with Gasteiger partial charge in [-0.1, -0.05) is 55.8 Å². The third-order valence-corrected chi connectivity index (χ3v) is 4.71. The number of pyridine rings is 1. The Labute approximate surface area is 162 Å². The zero-order valence-corrected chi connectivity index (χ0v) is 15.5. The van der Waals surface area contributed by atoms with Gasteiger partial charge in [-0.05, 0) is 24.6 Å². The molecule has 0 spiro atoms. The molecule has 0 saturated heterocycles. The van der Waals surface area contributed by atoms with Gasteiger partial charge in [0.05, 0.1) is 11.0 Å². The van der Waals surface area contributed by atoms with Crippen molar-refractivity contribution >= 4 is 33.4 Å². The van der Waals surface area contributed by atoms with Crippen molar-refractivity contribution in [2.75, 3.05) is 0 Å². The van der Waals surface area contributed by atoms with Crippen molar-refractivity contribution < 1.29 is 9.90 Å². The summed E-state index contributed by atoms with van der Waals surface area (Å²) in [6.07, 6.45) is 1.94. The molecule has 6 heteroatoms. The molecule has 1 N–H and O–H groups in total. The monoisotopic (exact) mass is 372 g/mol. The van der Waals surface area contributed by atoms with Crippen LogP contribution in [0.4, 0.5) is 5.69 Å². The van der Waals surface area contributed by atoms with E-state index in [9.17, 15) is 9.90 Å². The van der Waals surface area contributed by atoms with E-state index in [0.717, 1.165) is 34.6 Å². The van der Waals surface area contributed by atoms with Gasteiger partial charge in [0, 0.05) is 17.3 Å². The first-order valence-corrected chi connectivity index (χ1v) is 9.31. The van der Waals surface area contributed by atoms with Crippen LogP contribution in [0.15, 0.2) is 70.9 Å². The summed E-state index contributed by atoms with van der Waals surface area (Å²) in [6.45, 7) is 2.77. The summed E-state index contributed by atoms with van der Waals surface area (Å²) in [5.41, 5.74) is 2.12. The van der Waals surface area contributed by atoms with Crippen LogP contribution in [0.25, 0.3) is 21.8 Å². The molecule has 0 aliphatic carbocycles. The number of aryl methyl sites for hydroxylation is 1. The highest BCUT2D eigenvalue weighted by Crippen LogP contribution is 2.39. The number of para-hydroxylation sites is 2. The number of rotatable bonds is 5. The average Bonchev–Trinajstić information content (AvgIpc) is 3.00. The van der Waals surface area contributed by atoms with E-state index >= 15 is 0 Å². The van der Waals surface area contributed by atoms with E-state index in [0.29, 0.717) is 12.2 Å². The lowest BCUT2D eigenvalue weighted by molar-refractivity contribution is 0.0990. The van der Waals surface area contributed by atoms with Crippen molar-refractivity contribution in [1.29, 1.82) is 0 Å². The van der Waals surface area contributed by atoms with Gasteiger partial charge in [-0.3, -0.25) is 4.79 Å². The largest absolute Gasteiger partial charge is 0.493 e. The number of unbranched alkanes of at least 4 members (excludes halogenated alkanes) is 1. The summed E-state index contributed by atoms with van der Waals surface area (Å²) in [5.74, 6) is -0.520. The number of carbonyl (C=O) groups is 1. The second-order valence-corrected chi connectivity index (χ2v) is 6.59. The fourth-order valence-corrected chi connectivity index (χ4v) is 3.24. The number of nitrogens with zero attached hydrogens (tertiary/aromatic N) is 4. The van der Waals surface area contributed by atoms with Crippen molar-refractivity contribution in [3.63, 3.8) is 0 Å². The number of aromatic hydroxyl groups is 1. The predicted octanol–water partition coefficient (Wildman–Crippen LogP) is 5.62. The molecular weight excluding hydrogens is 352 g/mol. The van der Waals surface area contributed by atoms with Crippen molar-refractivity contribution in [2.45, 2.75) is 26.3 Å². The van der Waals surface area contributed by atoms with Gasteiger partial charge >= 0.3 is 5.91 Å². The van der Waals surface area contributed by atoms with Crippen molar-refractivity contribution in [3.8, 4) is 5.88 Å². The Morgan fingerprint density at radius 1 is 1.07 bits per heavy atom. The number of hydrogen-bond donors (Lipinski definition) is 1. The van der Waals surface area contributed by atoms with E-state index in [2.05, 4.69) is 22.1 Å². The molecule has 0 aliphatic rings. The lowest BCUT2D eigenvalue weighted by atomic mass is 10.2. The maximum Gasteiger partial charge on any atom is 0.313 e. The van der Waals surface area contributed by atoms with Gasteiger partial charge < -0.3 is 9.67 Å². The molecule has 0 bridgehead atoms. The fraction of sp³-hybridized carbons (Fsp3) is 0.182. The highest BCUT2D eigenvalue weighted by Gasteiger charge is 2.16. The molecule has 140 valence electrons. The molecule has 0 radical (unpaired) electrons. The van der Waals surface area contributed by atoms with Crippen LogP contribution >= 0.6 is 0 Å². The molecule has 0 fully saturated rings. The number of carbonyl (C=O) groups excluding carboxylic acids is 1. The first-order chi connectivity index (χ1) is 13.7.